The molecule has 1 aliphatic rings. The molecule has 1 fully saturated rings. The molecule has 2 aromatic rings. The van der Waals surface area contributed by atoms with Crippen LogP contribution in [0.5, 0.6) is 0 Å². The zero-order valence-electron chi connectivity index (χ0n) is 11.3. The van der Waals surface area contributed by atoms with Crippen molar-refractivity contribution in [1.29, 1.82) is 0 Å². The van der Waals surface area contributed by atoms with Gasteiger partial charge in [-0.2, -0.15) is 0 Å². The molecule has 20 heavy (non-hydrogen) atoms. The van der Waals surface area contributed by atoms with Crippen LogP contribution in [0, 0.1) is 11.8 Å². The Morgan fingerprint density at radius 1 is 1.40 bits per heavy atom. The van der Waals surface area contributed by atoms with Crippen molar-refractivity contribution < 1.29 is 4.79 Å². The Morgan fingerprint density at radius 3 is 2.70 bits per heavy atom. The minimum Gasteiger partial charge on any atom is -0.326 e. The third-order valence-corrected chi connectivity index (χ3v) is 4.59. The van der Waals surface area contributed by atoms with Gasteiger partial charge in [0.15, 0.2) is 0 Å². The summed E-state index contributed by atoms with van der Waals surface area (Å²) in [6.07, 6.45) is 1.80. The maximum Gasteiger partial charge on any atom is 0.227 e. The third-order valence-electron chi connectivity index (χ3n) is 3.77. The highest BCUT2D eigenvalue weighted by Crippen LogP contribution is 2.24. The summed E-state index contributed by atoms with van der Waals surface area (Å²) in [5, 5.41) is 9.13. The van der Waals surface area contributed by atoms with Gasteiger partial charge in [-0.1, -0.05) is 6.92 Å². The van der Waals surface area contributed by atoms with Crippen LogP contribution >= 0.6 is 11.3 Å². The Balaban J connectivity index is 1.64. The average Bonchev–Trinajstić information content (AvgIpc) is 2.91. The molecule has 1 amide bonds. The highest BCUT2D eigenvalue weighted by atomic mass is 32.1. The number of rotatable bonds is 4. The Labute approximate surface area is 122 Å². The monoisotopic (exact) mass is 287 g/mol. The van der Waals surface area contributed by atoms with E-state index in [0.717, 1.165) is 29.3 Å². The summed E-state index contributed by atoms with van der Waals surface area (Å²) < 4.78 is 0. The van der Waals surface area contributed by atoms with Gasteiger partial charge < -0.3 is 10.6 Å². The molecule has 1 aromatic heterocycles. The molecule has 2 heterocycles. The molecule has 2 N–H and O–H groups in total. The lowest BCUT2D eigenvalue weighted by molar-refractivity contribution is -0.121. The molecule has 1 aliphatic heterocycles. The van der Waals surface area contributed by atoms with Gasteiger partial charge in [0.1, 0.15) is 5.01 Å². The molecule has 0 spiro atoms. The van der Waals surface area contributed by atoms with Crippen LogP contribution in [0.1, 0.15) is 6.92 Å². The summed E-state index contributed by atoms with van der Waals surface area (Å²) in [7, 11) is 0. The smallest absolute Gasteiger partial charge is 0.227 e. The number of anilines is 1. The van der Waals surface area contributed by atoms with Gasteiger partial charge >= 0.3 is 0 Å². The molecule has 1 saturated heterocycles. The molecule has 0 radical (unpaired) electrons. The summed E-state index contributed by atoms with van der Waals surface area (Å²) in [5.41, 5.74) is 1.92. The molecule has 0 aliphatic carbocycles. The summed E-state index contributed by atoms with van der Waals surface area (Å²) >= 11 is 1.61. The molecule has 104 valence electrons. The average molecular weight is 287 g/mol. The molecular formula is C15H17N3OS. The van der Waals surface area contributed by atoms with Crippen molar-refractivity contribution in [3.8, 4) is 10.6 Å². The van der Waals surface area contributed by atoms with Crippen molar-refractivity contribution >= 4 is 22.9 Å². The third kappa shape index (κ3) is 2.73. The molecular weight excluding hydrogens is 270 g/mol. The Hall–Kier alpha value is -1.72. The van der Waals surface area contributed by atoms with Crippen LogP contribution in [0.3, 0.4) is 0 Å². The number of nitrogens with zero attached hydrogens (tertiary/aromatic N) is 1. The number of hydrogen-bond acceptors (Lipinski definition) is 4. The number of aromatic nitrogens is 1. The predicted molar refractivity (Wildman–Crippen MR) is 81.7 cm³/mol. The lowest BCUT2D eigenvalue weighted by Gasteiger charge is -2.31. The van der Waals surface area contributed by atoms with E-state index in [-0.39, 0.29) is 11.8 Å². The standard InChI is InChI=1S/C15H17N3OS/c1-10(12-8-16-9-12)14(19)18-13-4-2-11(3-5-13)15-17-6-7-20-15/h2-7,10,12,16H,8-9H2,1H3,(H,18,19). The highest BCUT2D eigenvalue weighted by molar-refractivity contribution is 7.13. The fourth-order valence-electron chi connectivity index (χ4n) is 2.20. The van der Waals surface area contributed by atoms with Gasteiger partial charge in [-0.25, -0.2) is 4.98 Å². The molecule has 1 atom stereocenters. The highest BCUT2D eigenvalue weighted by Gasteiger charge is 2.28. The summed E-state index contributed by atoms with van der Waals surface area (Å²) in [6.45, 7) is 3.87. The van der Waals surface area contributed by atoms with Crippen LogP contribution in [0.4, 0.5) is 5.69 Å². The van der Waals surface area contributed by atoms with Crippen molar-refractivity contribution in [3.05, 3.63) is 35.8 Å². The molecule has 3 rings (SSSR count). The molecule has 1 unspecified atom stereocenters. The normalized spacial score (nSPS) is 16.4. The van der Waals surface area contributed by atoms with Crippen LogP contribution in [0.15, 0.2) is 35.8 Å². The van der Waals surface area contributed by atoms with E-state index in [0.29, 0.717) is 5.92 Å². The van der Waals surface area contributed by atoms with E-state index in [9.17, 15) is 4.79 Å². The Bertz CT molecular complexity index is 576. The lowest BCUT2D eigenvalue weighted by atomic mass is 9.88. The van der Waals surface area contributed by atoms with Crippen molar-refractivity contribution in [2.75, 3.05) is 18.4 Å². The van der Waals surface area contributed by atoms with Crippen LogP contribution < -0.4 is 10.6 Å². The second-order valence-electron chi connectivity index (χ2n) is 5.11. The maximum absolute atomic E-state index is 12.1. The lowest BCUT2D eigenvalue weighted by Crippen LogP contribution is -2.48. The van der Waals surface area contributed by atoms with Crippen LogP contribution in [0.2, 0.25) is 0 Å². The Kier molecular flexibility index (Phi) is 3.80. The first-order valence-corrected chi connectivity index (χ1v) is 7.63. The van der Waals surface area contributed by atoms with Crippen molar-refractivity contribution in [2.24, 2.45) is 11.8 Å². The fourth-order valence-corrected chi connectivity index (χ4v) is 2.84. The van der Waals surface area contributed by atoms with Gasteiger partial charge in [0.2, 0.25) is 5.91 Å². The van der Waals surface area contributed by atoms with Crippen LogP contribution in [-0.2, 0) is 4.79 Å². The quantitative estimate of drug-likeness (QED) is 0.909. The topological polar surface area (TPSA) is 54.0 Å². The van der Waals surface area contributed by atoms with Crippen molar-refractivity contribution in [1.82, 2.24) is 10.3 Å². The van der Waals surface area contributed by atoms with Crippen LogP contribution in [0.25, 0.3) is 10.6 Å². The molecule has 0 saturated carbocycles. The number of carbonyl (C=O) groups is 1. The van der Waals surface area contributed by atoms with Gasteiger partial charge in [0, 0.05) is 28.7 Å². The molecule has 4 nitrogen and oxygen atoms in total. The first kappa shape index (κ1) is 13.3. The fraction of sp³-hybridized carbons (Fsp3) is 0.333. The van der Waals surface area contributed by atoms with E-state index in [4.69, 9.17) is 0 Å². The minimum absolute atomic E-state index is 0.0508. The van der Waals surface area contributed by atoms with Gasteiger partial charge in [-0.05, 0) is 43.3 Å². The van der Waals surface area contributed by atoms with Crippen LogP contribution in [-0.4, -0.2) is 24.0 Å². The predicted octanol–water partition coefficient (Wildman–Crippen LogP) is 2.60. The van der Waals surface area contributed by atoms with Crippen molar-refractivity contribution in [2.45, 2.75) is 6.92 Å². The summed E-state index contributed by atoms with van der Waals surface area (Å²) in [6, 6.07) is 7.84. The van der Waals surface area contributed by atoms with Gasteiger partial charge in [0.05, 0.1) is 0 Å². The van der Waals surface area contributed by atoms with E-state index in [1.165, 1.54) is 0 Å². The minimum atomic E-state index is 0.0508. The second-order valence-corrected chi connectivity index (χ2v) is 6.01. The first-order chi connectivity index (χ1) is 9.74. The number of carbonyl (C=O) groups excluding carboxylic acids is 1. The summed E-state index contributed by atoms with van der Waals surface area (Å²) in [4.78, 5) is 16.4. The van der Waals surface area contributed by atoms with Crippen molar-refractivity contribution in [3.63, 3.8) is 0 Å². The number of nitrogens with one attached hydrogen (secondary N) is 2. The van der Waals surface area contributed by atoms with Gasteiger partial charge in [-0.3, -0.25) is 4.79 Å². The molecule has 1 aromatic carbocycles. The molecule has 5 heteroatoms. The largest absolute Gasteiger partial charge is 0.326 e. The second kappa shape index (κ2) is 5.73. The number of hydrogen-bond donors (Lipinski definition) is 2. The van der Waals surface area contributed by atoms with Gasteiger partial charge in [0.25, 0.3) is 0 Å². The zero-order valence-corrected chi connectivity index (χ0v) is 12.1. The number of thiazole rings is 1. The van der Waals surface area contributed by atoms with E-state index >= 15 is 0 Å². The zero-order chi connectivity index (χ0) is 13.9. The summed E-state index contributed by atoms with van der Waals surface area (Å²) in [5.74, 6) is 0.609. The van der Waals surface area contributed by atoms with E-state index < -0.39 is 0 Å². The maximum atomic E-state index is 12.1. The molecule has 0 bridgehead atoms. The van der Waals surface area contributed by atoms with E-state index in [1.54, 1.807) is 17.5 Å². The number of amides is 1. The van der Waals surface area contributed by atoms with Gasteiger partial charge in [-0.15, -0.1) is 11.3 Å². The Morgan fingerprint density at radius 2 is 2.15 bits per heavy atom. The first-order valence-electron chi connectivity index (χ1n) is 6.75. The van der Waals surface area contributed by atoms with E-state index in [2.05, 4.69) is 15.6 Å². The SMILES string of the molecule is CC(C(=O)Nc1ccc(-c2nccs2)cc1)C1CNC1. The van der Waals surface area contributed by atoms with E-state index in [1.807, 2.05) is 36.6 Å². The number of benzene rings is 1.